The molecule has 0 aliphatic carbocycles. The van der Waals surface area contributed by atoms with E-state index in [0.717, 1.165) is 0 Å². The van der Waals surface area contributed by atoms with E-state index in [9.17, 15) is 9.59 Å². The lowest BCUT2D eigenvalue weighted by Gasteiger charge is -2.12. The van der Waals surface area contributed by atoms with Crippen LogP contribution < -0.4 is 11.1 Å². The third-order valence-electron chi connectivity index (χ3n) is 1.93. The Labute approximate surface area is 103 Å². The van der Waals surface area contributed by atoms with Gasteiger partial charge in [0.2, 0.25) is 5.91 Å². The summed E-state index contributed by atoms with van der Waals surface area (Å²) in [5, 5.41) is 2.81. The van der Waals surface area contributed by atoms with E-state index in [4.69, 9.17) is 23.8 Å². The number of carbonyl (C=O) groups excluding carboxylic acids is 2. The smallest absolute Gasteiger partial charge is 0.270 e. The third-order valence-corrected chi connectivity index (χ3v) is 2.15. The van der Waals surface area contributed by atoms with Crippen LogP contribution in [0.5, 0.6) is 0 Å². The predicted octanol–water partition coefficient (Wildman–Crippen LogP) is 0.342. The van der Waals surface area contributed by atoms with E-state index in [1.54, 1.807) is 0 Å². The Morgan fingerprint density at radius 1 is 1.59 bits per heavy atom. The van der Waals surface area contributed by atoms with E-state index in [1.165, 1.54) is 18.3 Å². The quantitative estimate of drug-likeness (QED) is 0.757. The van der Waals surface area contributed by atoms with Crippen LogP contribution in [0.4, 0.5) is 0 Å². The maximum absolute atomic E-state index is 11.7. The van der Waals surface area contributed by atoms with Crippen LogP contribution in [0.15, 0.2) is 18.3 Å². The van der Waals surface area contributed by atoms with Crippen molar-refractivity contribution in [3.63, 3.8) is 0 Å². The number of halogens is 1. The number of carbonyl (C=O) groups is 2. The Balaban J connectivity index is 2.74. The van der Waals surface area contributed by atoms with Crippen LogP contribution in [-0.2, 0) is 4.79 Å². The topological polar surface area (TPSA) is 85.1 Å². The summed E-state index contributed by atoms with van der Waals surface area (Å²) in [6.07, 6.45) is 6.43. The first kappa shape index (κ1) is 13.0. The molecule has 0 bridgehead atoms. The molecule has 1 aromatic rings. The highest BCUT2D eigenvalue weighted by Gasteiger charge is 2.18. The number of primary amides is 1. The lowest BCUT2D eigenvalue weighted by Crippen LogP contribution is -2.44. The number of nitrogens with two attached hydrogens (primary N) is 1. The highest BCUT2D eigenvalue weighted by molar-refractivity contribution is 6.30. The summed E-state index contributed by atoms with van der Waals surface area (Å²) in [5.74, 6) is 1.04. The second kappa shape index (κ2) is 5.87. The van der Waals surface area contributed by atoms with Gasteiger partial charge in [0.1, 0.15) is 11.7 Å². The van der Waals surface area contributed by atoms with E-state index >= 15 is 0 Å². The highest BCUT2D eigenvalue weighted by atomic mass is 35.5. The average Bonchev–Trinajstić information content (AvgIpc) is 2.29. The van der Waals surface area contributed by atoms with Crippen LogP contribution in [0, 0.1) is 12.3 Å². The minimum atomic E-state index is -0.898. The monoisotopic (exact) mass is 251 g/mol. The SMILES string of the molecule is C#CCC(NC(=O)c1ccc(Cl)cn1)C(N)=O. The molecule has 17 heavy (non-hydrogen) atoms. The van der Waals surface area contributed by atoms with E-state index in [-0.39, 0.29) is 12.1 Å². The fraction of sp³-hybridized carbons (Fsp3) is 0.182. The number of nitrogens with one attached hydrogen (secondary N) is 1. The number of hydrogen-bond acceptors (Lipinski definition) is 3. The lowest BCUT2D eigenvalue weighted by atomic mass is 10.2. The van der Waals surface area contributed by atoms with Crippen molar-refractivity contribution in [1.29, 1.82) is 0 Å². The summed E-state index contributed by atoms with van der Waals surface area (Å²) in [6.45, 7) is 0. The van der Waals surface area contributed by atoms with Gasteiger partial charge >= 0.3 is 0 Å². The van der Waals surface area contributed by atoms with Gasteiger partial charge in [0, 0.05) is 12.6 Å². The number of rotatable bonds is 4. The molecule has 0 saturated carbocycles. The highest BCUT2D eigenvalue weighted by Crippen LogP contribution is 2.06. The van der Waals surface area contributed by atoms with Crippen LogP contribution in [-0.4, -0.2) is 22.8 Å². The van der Waals surface area contributed by atoms with Crippen molar-refractivity contribution in [2.75, 3.05) is 0 Å². The van der Waals surface area contributed by atoms with Crippen LogP contribution in [0.1, 0.15) is 16.9 Å². The molecule has 0 fully saturated rings. The second-order valence-corrected chi connectivity index (χ2v) is 3.63. The Morgan fingerprint density at radius 3 is 2.76 bits per heavy atom. The average molecular weight is 252 g/mol. The van der Waals surface area contributed by atoms with Gasteiger partial charge < -0.3 is 11.1 Å². The Bertz CT molecular complexity index is 465. The molecule has 1 atom stereocenters. The summed E-state index contributed by atoms with van der Waals surface area (Å²) >= 11 is 5.63. The van der Waals surface area contributed by atoms with E-state index in [2.05, 4.69) is 16.2 Å². The summed E-state index contributed by atoms with van der Waals surface area (Å²) in [7, 11) is 0. The minimum absolute atomic E-state index is 0.0364. The molecule has 0 aliphatic heterocycles. The predicted molar refractivity (Wildman–Crippen MR) is 63.1 cm³/mol. The largest absolute Gasteiger partial charge is 0.368 e. The first-order valence-corrected chi connectivity index (χ1v) is 5.07. The first-order valence-electron chi connectivity index (χ1n) is 4.69. The molecule has 5 nitrogen and oxygen atoms in total. The van der Waals surface area contributed by atoms with Gasteiger partial charge in [-0.15, -0.1) is 12.3 Å². The van der Waals surface area contributed by atoms with Crippen molar-refractivity contribution in [2.24, 2.45) is 5.73 Å². The van der Waals surface area contributed by atoms with Gasteiger partial charge in [-0.25, -0.2) is 4.98 Å². The molecule has 1 heterocycles. The summed E-state index contributed by atoms with van der Waals surface area (Å²) in [5.41, 5.74) is 5.22. The Morgan fingerprint density at radius 2 is 2.29 bits per heavy atom. The van der Waals surface area contributed by atoms with Crippen molar-refractivity contribution in [1.82, 2.24) is 10.3 Å². The van der Waals surface area contributed by atoms with Crippen molar-refractivity contribution in [3.8, 4) is 12.3 Å². The number of terminal acetylenes is 1. The molecule has 1 unspecified atom stereocenters. The van der Waals surface area contributed by atoms with Gasteiger partial charge in [-0.2, -0.15) is 0 Å². The third kappa shape index (κ3) is 3.78. The molecule has 0 aromatic carbocycles. The summed E-state index contributed by atoms with van der Waals surface area (Å²) in [6, 6.07) is 2.06. The molecule has 0 radical (unpaired) electrons. The van der Waals surface area contributed by atoms with Gasteiger partial charge in [0.25, 0.3) is 5.91 Å². The molecule has 0 spiro atoms. The number of hydrogen-bond donors (Lipinski definition) is 2. The zero-order valence-corrected chi connectivity index (χ0v) is 9.57. The molecular formula is C11H10ClN3O2. The van der Waals surface area contributed by atoms with Gasteiger partial charge in [0.05, 0.1) is 5.02 Å². The molecule has 6 heteroatoms. The molecule has 88 valence electrons. The van der Waals surface area contributed by atoms with Gasteiger partial charge in [0.15, 0.2) is 0 Å². The van der Waals surface area contributed by atoms with Crippen molar-refractivity contribution in [3.05, 3.63) is 29.0 Å². The molecule has 3 N–H and O–H groups in total. The van der Waals surface area contributed by atoms with Gasteiger partial charge in [-0.1, -0.05) is 11.6 Å². The molecule has 0 aliphatic rings. The zero-order valence-electron chi connectivity index (χ0n) is 8.81. The minimum Gasteiger partial charge on any atom is -0.368 e. The molecule has 0 saturated heterocycles. The number of aromatic nitrogens is 1. The van der Waals surface area contributed by atoms with Gasteiger partial charge in [-0.3, -0.25) is 9.59 Å². The molecule has 2 amide bonds. The fourth-order valence-electron chi connectivity index (χ4n) is 1.08. The second-order valence-electron chi connectivity index (χ2n) is 3.20. The van der Waals surface area contributed by atoms with E-state index < -0.39 is 17.9 Å². The van der Waals surface area contributed by atoms with Crippen LogP contribution in [0.2, 0.25) is 5.02 Å². The Hall–Kier alpha value is -2.06. The zero-order chi connectivity index (χ0) is 12.8. The molecule has 1 rings (SSSR count). The van der Waals surface area contributed by atoms with E-state index in [0.29, 0.717) is 5.02 Å². The van der Waals surface area contributed by atoms with Gasteiger partial charge in [-0.05, 0) is 12.1 Å². The first-order chi connectivity index (χ1) is 8.04. The lowest BCUT2D eigenvalue weighted by molar-refractivity contribution is -0.119. The van der Waals surface area contributed by atoms with E-state index in [1.807, 2.05) is 0 Å². The number of nitrogens with zero attached hydrogens (tertiary/aromatic N) is 1. The fourth-order valence-corrected chi connectivity index (χ4v) is 1.19. The van der Waals surface area contributed by atoms with Crippen LogP contribution >= 0.6 is 11.6 Å². The maximum atomic E-state index is 11.7. The number of amides is 2. The molecular weight excluding hydrogens is 242 g/mol. The Kier molecular flexibility index (Phi) is 4.49. The summed E-state index contributed by atoms with van der Waals surface area (Å²) in [4.78, 5) is 26.4. The van der Waals surface area contributed by atoms with Crippen molar-refractivity contribution >= 4 is 23.4 Å². The van der Waals surface area contributed by atoms with Crippen LogP contribution in [0.3, 0.4) is 0 Å². The maximum Gasteiger partial charge on any atom is 0.270 e. The normalized spacial score (nSPS) is 11.3. The molecule has 1 aromatic heterocycles. The summed E-state index contributed by atoms with van der Waals surface area (Å²) < 4.78 is 0. The van der Waals surface area contributed by atoms with Crippen molar-refractivity contribution in [2.45, 2.75) is 12.5 Å². The van der Waals surface area contributed by atoms with Crippen molar-refractivity contribution < 1.29 is 9.59 Å². The standard InChI is InChI=1S/C11H10ClN3O2/c1-2-3-8(10(13)16)15-11(17)9-5-4-7(12)6-14-9/h1,4-6,8H,3H2,(H2,13,16)(H,15,17). The number of pyridine rings is 1. The van der Waals surface area contributed by atoms with Crippen LogP contribution in [0.25, 0.3) is 0 Å².